The van der Waals surface area contributed by atoms with Crippen LogP contribution in [0.15, 0.2) is 18.5 Å². The van der Waals surface area contributed by atoms with Gasteiger partial charge < -0.3 is 10.6 Å². The van der Waals surface area contributed by atoms with Crippen LogP contribution < -0.4 is 10.6 Å². The number of carbonyl (C=O) groups is 1. The van der Waals surface area contributed by atoms with Gasteiger partial charge in [0, 0.05) is 18.8 Å². The molecule has 1 heterocycles. The van der Waals surface area contributed by atoms with Crippen molar-refractivity contribution < 1.29 is 4.79 Å². The van der Waals surface area contributed by atoms with Crippen molar-refractivity contribution in [1.82, 2.24) is 10.3 Å². The second kappa shape index (κ2) is 5.81. The Bertz CT molecular complexity index is 468. The lowest BCUT2D eigenvalue weighted by Gasteiger charge is -2.19. The Balaban J connectivity index is 1.69. The van der Waals surface area contributed by atoms with E-state index in [0.29, 0.717) is 6.04 Å². The number of nitrogens with one attached hydrogen (secondary N) is 2. The third kappa shape index (κ3) is 3.11. The number of hydrogen-bond acceptors (Lipinski definition) is 3. The first-order valence-electron chi connectivity index (χ1n) is 7.78. The van der Waals surface area contributed by atoms with Crippen LogP contribution in [0.2, 0.25) is 0 Å². The smallest absolute Gasteiger partial charge is 0.253 e. The summed E-state index contributed by atoms with van der Waals surface area (Å²) in [6.07, 6.45) is 9.57. The Morgan fingerprint density at radius 3 is 2.65 bits per heavy atom. The van der Waals surface area contributed by atoms with Crippen LogP contribution in [-0.2, 0) is 0 Å². The maximum Gasteiger partial charge on any atom is 0.253 e. The van der Waals surface area contributed by atoms with Crippen molar-refractivity contribution in [2.45, 2.75) is 45.1 Å². The van der Waals surface area contributed by atoms with Crippen LogP contribution in [0, 0.1) is 11.8 Å². The lowest BCUT2D eigenvalue weighted by molar-refractivity contribution is 0.0927. The van der Waals surface area contributed by atoms with Gasteiger partial charge in [0.05, 0.1) is 17.4 Å². The predicted octanol–water partition coefficient (Wildman–Crippen LogP) is 2.82. The van der Waals surface area contributed by atoms with Gasteiger partial charge in [-0.2, -0.15) is 0 Å². The molecule has 0 bridgehead atoms. The molecule has 1 amide bonds. The van der Waals surface area contributed by atoms with E-state index in [9.17, 15) is 4.79 Å². The number of nitrogens with zero attached hydrogens (tertiary/aromatic N) is 1. The van der Waals surface area contributed by atoms with Crippen LogP contribution in [0.4, 0.5) is 5.69 Å². The van der Waals surface area contributed by atoms with Crippen molar-refractivity contribution in [2.24, 2.45) is 11.8 Å². The SMILES string of the molecule is CCCNc1cnccc1C(=O)NC(C1CC1)C1CC1. The highest BCUT2D eigenvalue weighted by Gasteiger charge is 2.42. The average molecular weight is 273 g/mol. The molecule has 0 aliphatic heterocycles. The number of rotatable bonds is 7. The number of anilines is 1. The highest BCUT2D eigenvalue weighted by atomic mass is 16.1. The molecule has 20 heavy (non-hydrogen) atoms. The molecule has 2 saturated carbocycles. The highest BCUT2D eigenvalue weighted by molar-refractivity contribution is 5.99. The molecule has 1 aromatic rings. The summed E-state index contributed by atoms with van der Waals surface area (Å²) in [4.78, 5) is 16.6. The summed E-state index contributed by atoms with van der Waals surface area (Å²) in [7, 11) is 0. The quantitative estimate of drug-likeness (QED) is 0.803. The lowest BCUT2D eigenvalue weighted by atomic mass is 10.1. The summed E-state index contributed by atoms with van der Waals surface area (Å²) in [5, 5.41) is 6.55. The maximum absolute atomic E-state index is 12.5. The average Bonchev–Trinajstić information content (AvgIpc) is 3.35. The lowest BCUT2D eigenvalue weighted by Crippen LogP contribution is -2.38. The number of carbonyl (C=O) groups excluding carboxylic acids is 1. The molecule has 0 saturated heterocycles. The predicted molar refractivity (Wildman–Crippen MR) is 79.7 cm³/mol. The normalized spacial score (nSPS) is 18.1. The molecule has 2 aliphatic rings. The van der Waals surface area contributed by atoms with E-state index in [1.54, 1.807) is 12.4 Å². The van der Waals surface area contributed by atoms with Crippen molar-refractivity contribution in [2.75, 3.05) is 11.9 Å². The van der Waals surface area contributed by atoms with Gasteiger partial charge in [-0.25, -0.2) is 0 Å². The molecular weight excluding hydrogens is 250 g/mol. The van der Waals surface area contributed by atoms with Crippen molar-refractivity contribution in [3.8, 4) is 0 Å². The third-order valence-corrected chi connectivity index (χ3v) is 4.19. The van der Waals surface area contributed by atoms with Gasteiger partial charge in [0.15, 0.2) is 0 Å². The monoisotopic (exact) mass is 273 g/mol. The first kappa shape index (κ1) is 13.4. The van der Waals surface area contributed by atoms with Gasteiger partial charge in [0.2, 0.25) is 0 Å². The molecular formula is C16H23N3O. The Labute approximate surface area is 120 Å². The summed E-state index contributed by atoms with van der Waals surface area (Å²) < 4.78 is 0. The molecule has 3 rings (SSSR count). The molecule has 0 unspecified atom stereocenters. The van der Waals surface area contributed by atoms with Crippen molar-refractivity contribution >= 4 is 11.6 Å². The Hall–Kier alpha value is -1.58. The molecule has 2 aliphatic carbocycles. The zero-order valence-corrected chi connectivity index (χ0v) is 12.1. The molecule has 0 aromatic carbocycles. The van der Waals surface area contributed by atoms with Gasteiger partial charge in [0.1, 0.15) is 0 Å². The number of pyridine rings is 1. The number of hydrogen-bond donors (Lipinski definition) is 2. The standard InChI is InChI=1S/C16H23N3O/c1-2-8-18-14-10-17-9-7-13(14)16(20)19-15(11-3-4-11)12-5-6-12/h7,9-12,15,18H,2-6,8H2,1H3,(H,19,20). The molecule has 0 spiro atoms. The molecule has 0 radical (unpaired) electrons. The third-order valence-electron chi connectivity index (χ3n) is 4.19. The topological polar surface area (TPSA) is 54.0 Å². The van der Waals surface area contributed by atoms with Gasteiger partial charge in [-0.3, -0.25) is 9.78 Å². The number of aromatic nitrogens is 1. The zero-order valence-electron chi connectivity index (χ0n) is 12.1. The van der Waals surface area contributed by atoms with Gasteiger partial charge in [-0.1, -0.05) is 6.92 Å². The van der Waals surface area contributed by atoms with E-state index in [-0.39, 0.29) is 5.91 Å². The van der Waals surface area contributed by atoms with E-state index in [1.807, 2.05) is 6.07 Å². The Kier molecular flexibility index (Phi) is 3.90. The van der Waals surface area contributed by atoms with E-state index in [0.717, 1.165) is 36.1 Å². The van der Waals surface area contributed by atoms with Crippen molar-refractivity contribution in [3.05, 3.63) is 24.0 Å². The van der Waals surface area contributed by atoms with E-state index in [4.69, 9.17) is 0 Å². The largest absolute Gasteiger partial charge is 0.383 e. The molecule has 2 fully saturated rings. The summed E-state index contributed by atoms with van der Waals surface area (Å²) in [6.45, 7) is 2.97. The van der Waals surface area contributed by atoms with Gasteiger partial charge in [0.25, 0.3) is 5.91 Å². The van der Waals surface area contributed by atoms with E-state index in [2.05, 4.69) is 22.5 Å². The Morgan fingerprint density at radius 2 is 2.05 bits per heavy atom. The zero-order chi connectivity index (χ0) is 13.9. The van der Waals surface area contributed by atoms with Crippen LogP contribution in [0.25, 0.3) is 0 Å². The second-order valence-electron chi connectivity index (χ2n) is 6.02. The van der Waals surface area contributed by atoms with Crippen LogP contribution in [-0.4, -0.2) is 23.5 Å². The Morgan fingerprint density at radius 1 is 1.35 bits per heavy atom. The summed E-state index contributed by atoms with van der Waals surface area (Å²) in [5.41, 5.74) is 1.57. The highest BCUT2D eigenvalue weighted by Crippen LogP contribution is 2.44. The fourth-order valence-electron chi connectivity index (χ4n) is 2.75. The van der Waals surface area contributed by atoms with Crippen molar-refractivity contribution in [3.63, 3.8) is 0 Å². The molecule has 108 valence electrons. The minimum atomic E-state index is 0.0507. The van der Waals surface area contributed by atoms with Crippen molar-refractivity contribution in [1.29, 1.82) is 0 Å². The fraction of sp³-hybridized carbons (Fsp3) is 0.625. The van der Waals surface area contributed by atoms with E-state index < -0.39 is 0 Å². The van der Waals surface area contributed by atoms with Gasteiger partial charge in [-0.15, -0.1) is 0 Å². The van der Waals surface area contributed by atoms with Crippen LogP contribution in [0.3, 0.4) is 0 Å². The van der Waals surface area contributed by atoms with Crippen LogP contribution in [0.5, 0.6) is 0 Å². The van der Waals surface area contributed by atoms with Gasteiger partial charge in [-0.05, 0) is 50.0 Å². The second-order valence-corrected chi connectivity index (χ2v) is 6.02. The summed E-state index contributed by atoms with van der Waals surface area (Å²) >= 11 is 0. The van der Waals surface area contributed by atoms with Gasteiger partial charge >= 0.3 is 0 Å². The molecule has 2 N–H and O–H groups in total. The summed E-state index contributed by atoms with van der Waals surface area (Å²) in [6, 6.07) is 2.21. The summed E-state index contributed by atoms with van der Waals surface area (Å²) in [5.74, 6) is 1.50. The maximum atomic E-state index is 12.5. The first-order chi connectivity index (χ1) is 9.79. The molecule has 4 nitrogen and oxygen atoms in total. The van der Waals surface area contributed by atoms with E-state index >= 15 is 0 Å². The molecule has 1 aromatic heterocycles. The van der Waals surface area contributed by atoms with Crippen LogP contribution >= 0.6 is 0 Å². The fourth-order valence-corrected chi connectivity index (χ4v) is 2.75. The molecule has 4 heteroatoms. The minimum Gasteiger partial charge on any atom is -0.383 e. The first-order valence-corrected chi connectivity index (χ1v) is 7.78. The minimum absolute atomic E-state index is 0.0507. The van der Waals surface area contributed by atoms with Crippen LogP contribution in [0.1, 0.15) is 49.4 Å². The number of amides is 1. The molecule has 0 atom stereocenters. The van der Waals surface area contributed by atoms with E-state index in [1.165, 1.54) is 25.7 Å².